The number of fused-ring (bicyclic) bond motifs is 1. The number of phenolic OH excluding ortho intramolecular Hbond substituents is 1. The van der Waals surface area contributed by atoms with E-state index in [-0.39, 0.29) is 17.2 Å². The molecule has 30 heavy (non-hydrogen) atoms. The van der Waals surface area contributed by atoms with E-state index in [9.17, 15) is 5.11 Å². The van der Waals surface area contributed by atoms with Gasteiger partial charge in [0.25, 0.3) is 0 Å². The molecule has 4 nitrogen and oxygen atoms in total. The molecule has 2 aliphatic heterocycles. The van der Waals surface area contributed by atoms with Gasteiger partial charge in [0.1, 0.15) is 11.5 Å². The van der Waals surface area contributed by atoms with Crippen LogP contribution in [0.2, 0.25) is 0 Å². The molecule has 5 heteroatoms. The highest BCUT2D eigenvalue weighted by Gasteiger charge is 2.48. The third-order valence-electron chi connectivity index (χ3n) is 5.88. The van der Waals surface area contributed by atoms with E-state index >= 15 is 0 Å². The van der Waals surface area contributed by atoms with E-state index in [1.165, 1.54) is 11.1 Å². The minimum atomic E-state index is -0.682. The molecular weight excluding hydrogens is 392 g/mol. The molecule has 158 valence electrons. The van der Waals surface area contributed by atoms with Gasteiger partial charge in [0.2, 0.25) is 5.72 Å². The number of rotatable bonds is 3. The summed E-state index contributed by atoms with van der Waals surface area (Å²) in [6.45, 7) is 12.4. The summed E-state index contributed by atoms with van der Waals surface area (Å²) >= 11 is 1.65. The van der Waals surface area contributed by atoms with Gasteiger partial charge in [0.15, 0.2) is 5.17 Å². The van der Waals surface area contributed by atoms with Crippen molar-refractivity contribution in [3.05, 3.63) is 71.3 Å². The Labute approximate surface area is 183 Å². The van der Waals surface area contributed by atoms with Gasteiger partial charge < -0.3 is 15.2 Å². The minimum absolute atomic E-state index is 0.152. The molecule has 0 aromatic heterocycles. The maximum absolute atomic E-state index is 10.3. The number of thioether (sulfide) groups is 1. The Kier molecular flexibility index (Phi) is 5.35. The van der Waals surface area contributed by atoms with Crippen LogP contribution >= 0.6 is 11.8 Å². The number of benzene rings is 2. The second-order valence-corrected chi connectivity index (χ2v) is 10.0. The van der Waals surface area contributed by atoms with E-state index in [4.69, 9.17) is 9.73 Å². The first-order chi connectivity index (χ1) is 14.2. The molecule has 0 saturated carbocycles. The molecule has 2 aliphatic rings. The monoisotopic (exact) mass is 422 g/mol. The predicted molar refractivity (Wildman–Crippen MR) is 126 cm³/mol. The van der Waals surface area contributed by atoms with E-state index < -0.39 is 5.72 Å². The van der Waals surface area contributed by atoms with Crippen molar-refractivity contribution in [3.63, 3.8) is 0 Å². The van der Waals surface area contributed by atoms with E-state index in [0.717, 1.165) is 40.6 Å². The quantitative estimate of drug-likeness (QED) is 0.626. The van der Waals surface area contributed by atoms with Crippen LogP contribution in [-0.4, -0.2) is 27.3 Å². The summed E-state index contributed by atoms with van der Waals surface area (Å²) in [5.41, 5.74) is 3.91. The molecule has 2 N–H and O–H groups in total. The fourth-order valence-corrected chi connectivity index (χ4v) is 5.70. The first kappa shape index (κ1) is 20.9. The van der Waals surface area contributed by atoms with Crippen LogP contribution in [0.25, 0.3) is 0 Å². The van der Waals surface area contributed by atoms with Crippen molar-refractivity contribution in [1.82, 2.24) is 5.32 Å². The zero-order valence-corrected chi connectivity index (χ0v) is 19.0. The molecule has 4 rings (SSSR count). The molecule has 2 aromatic carbocycles. The number of hydrogen-bond donors (Lipinski definition) is 2. The van der Waals surface area contributed by atoms with E-state index in [0.29, 0.717) is 0 Å². The number of nitrogens with zero attached hydrogens (tertiary/aromatic N) is 1. The van der Waals surface area contributed by atoms with Crippen molar-refractivity contribution >= 4 is 16.9 Å². The molecule has 0 unspecified atom stereocenters. The number of phenols is 1. The fraction of sp³-hybridized carbons (Fsp3) is 0.400. The maximum atomic E-state index is 10.3. The third-order valence-corrected chi connectivity index (χ3v) is 6.74. The lowest BCUT2D eigenvalue weighted by atomic mass is 9.75. The molecule has 1 spiro atoms. The van der Waals surface area contributed by atoms with Gasteiger partial charge in [0.05, 0.1) is 0 Å². The molecule has 0 amide bonds. The van der Waals surface area contributed by atoms with Crippen LogP contribution in [0.15, 0.2) is 54.0 Å². The Balaban J connectivity index is 1.87. The number of aliphatic imine (C=N–C) groups is 1. The smallest absolute Gasteiger partial charge is 0.206 e. The minimum Gasteiger partial charge on any atom is -0.508 e. The fourth-order valence-electron chi connectivity index (χ4n) is 4.85. The highest BCUT2D eigenvalue weighted by Crippen LogP contribution is 2.51. The molecule has 0 radical (unpaired) electrons. The Morgan fingerprint density at radius 1 is 1.27 bits per heavy atom. The normalized spacial score (nSPS) is 24.4. The molecule has 0 fully saturated rings. The molecule has 0 aliphatic carbocycles. The summed E-state index contributed by atoms with van der Waals surface area (Å²) in [6.07, 6.45) is 3.39. The lowest BCUT2D eigenvalue weighted by Gasteiger charge is -2.47. The van der Waals surface area contributed by atoms with Crippen molar-refractivity contribution in [2.24, 2.45) is 4.99 Å². The number of nitrogens with one attached hydrogen (secondary N) is 1. The van der Waals surface area contributed by atoms with Gasteiger partial charge in [-0.05, 0) is 50.5 Å². The second kappa shape index (κ2) is 7.69. The van der Waals surface area contributed by atoms with Crippen LogP contribution in [0.4, 0.5) is 0 Å². The maximum Gasteiger partial charge on any atom is 0.206 e. The number of aromatic hydroxyl groups is 1. The van der Waals surface area contributed by atoms with Crippen molar-refractivity contribution in [3.8, 4) is 11.5 Å². The van der Waals surface area contributed by atoms with Crippen molar-refractivity contribution in [1.29, 1.82) is 0 Å². The van der Waals surface area contributed by atoms with Crippen molar-refractivity contribution in [2.75, 3.05) is 5.75 Å². The second-order valence-electron chi connectivity index (χ2n) is 9.04. The predicted octanol–water partition coefficient (Wildman–Crippen LogP) is 5.67. The summed E-state index contributed by atoms with van der Waals surface area (Å²) in [5.74, 6) is 1.90. The van der Waals surface area contributed by atoms with Crippen LogP contribution < -0.4 is 10.1 Å². The van der Waals surface area contributed by atoms with Crippen LogP contribution in [0.3, 0.4) is 0 Å². The first-order valence-corrected chi connectivity index (χ1v) is 11.4. The summed E-state index contributed by atoms with van der Waals surface area (Å²) in [4.78, 5) is 5.09. The average molecular weight is 423 g/mol. The molecule has 2 heterocycles. The number of ether oxygens (including phenoxy) is 1. The van der Waals surface area contributed by atoms with Gasteiger partial charge in [0, 0.05) is 41.7 Å². The highest BCUT2D eigenvalue weighted by molar-refractivity contribution is 8.13. The van der Waals surface area contributed by atoms with Crippen LogP contribution in [0.5, 0.6) is 11.5 Å². The van der Waals surface area contributed by atoms with Crippen LogP contribution in [0, 0.1) is 13.8 Å². The summed E-state index contributed by atoms with van der Waals surface area (Å²) in [6, 6.07) is 12.1. The number of amidine groups is 1. The van der Waals surface area contributed by atoms with Crippen LogP contribution in [0.1, 0.15) is 54.9 Å². The zero-order chi connectivity index (χ0) is 21.5. The molecule has 2 aromatic rings. The van der Waals surface area contributed by atoms with Crippen molar-refractivity contribution in [2.45, 2.75) is 57.7 Å². The number of hydrogen-bond acceptors (Lipinski definition) is 5. The van der Waals surface area contributed by atoms with Gasteiger partial charge in [-0.3, -0.25) is 0 Å². The summed E-state index contributed by atoms with van der Waals surface area (Å²) in [7, 11) is 0. The molecular formula is C25H30N2O2S. The highest BCUT2D eigenvalue weighted by atomic mass is 32.2. The molecule has 0 saturated heterocycles. The summed E-state index contributed by atoms with van der Waals surface area (Å²) in [5, 5.41) is 14.7. The standard InChI is InChI=1S/C25H30N2O2S/c1-6-11-30-23-26-24(4,5)15-25(27-23)14-20(19-10-8-7-9-16(19)2)22-17(3)12-18(28)13-21(22)29-25/h6-10,12-13,20,28H,1,11,14-15H2,2-5H3,(H,26,27)/t20-,25-/m0/s1. The van der Waals surface area contributed by atoms with Gasteiger partial charge in [-0.25, -0.2) is 4.99 Å². The average Bonchev–Trinajstić information content (AvgIpc) is 2.64. The van der Waals surface area contributed by atoms with Crippen molar-refractivity contribution < 1.29 is 9.84 Å². The van der Waals surface area contributed by atoms with Gasteiger partial charge in [-0.1, -0.05) is 42.1 Å². The van der Waals surface area contributed by atoms with E-state index in [2.05, 4.69) is 56.9 Å². The summed E-state index contributed by atoms with van der Waals surface area (Å²) < 4.78 is 6.63. The Morgan fingerprint density at radius 2 is 2.03 bits per heavy atom. The number of aryl methyl sites for hydroxylation is 2. The van der Waals surface area contributed by atoms with Crippen LogP contribution in [-0.2, 0) is 0 Å². The Bertz CT molecular complexity index is 1010. The Hall–Kier alpha value is -2.40. The molecule has 2 atom stereocenters. The zero-order valence-electron chi connectivity index (χ0n) is 18.2. The molecule has 0 bridgehead atoms. The first-order valence-electron chi connectivity index (χ1n) is 10.4. The SMILES string of the molecule is C=CCSC1=N[C@]2(C[C@@H](c3ccccc3C)c3c(C)cc(O)cc3O2)CC(C)(C)N1. The lowest BCUT2D eigenvalue weighted by Crippen LogP contribution is -2.57. The third kappa shape index (κ3) is 3.95. The lowest BCUT2D eigenvalue weighted by molar-refractivity contribution is 0.0131. The largest absolute Gasteiger partial charge is 0.508 e. The van der Waals surface area contributed by atoms with Gasteiger partial charge >= 0.3 is 0 Å². The van der Waals surface area contributed by atoms with Gasteiger partial charge in [-0.2, -0.15) is 0 Å². The Morgan fingerprint density at radius 3 is 2.77 bits per heavy atom. The van der Waals surface area contributed by atoms with Gasteiger partial charge in [-0.15, -0.1) is 6.58 Å². The van der Waals surface area contributed by atoms with E-state index in [1.54, 1.807) is 17.8 Å². The van der Waals surface area contributed by atoms with E-state index in [1.807, 2.05) is 19.1 Å². The topological polar surface area (TPSA) is 53.9 Å².